The Balaban J connectivity index is 1.44. The van der Waals surface area contributed by atoms with Gasteiger partial charge in [-0.25, -0.2) is 9.97 Å². The number of amides is 1. The van der Waals surface area contributed by atoms with Crippen molar-refractivity contribution in [1.29, 1.82) is 5.26 Å². The molecular formula is C27H26N6O. The molecule has 0 radical (unpaired) electrons. The van der Waals surface area contributed by atoms with Gasteiger partial charge in [0, 0.05) is 31.5 Å². The van der Waals surface area contributed by atoms with E-state index in [1.54, 1.807) is 24.7 Å². The average molecular weight is 451 g/mol. The quantitative estimate of drug-likeness (QED) is 0.414. The fraction of sp³-hybridized carbons (Fsp3) is 0.185. The van der Waals surface area contributed by atoms with E-state index < -0.39 is 5.91 Å². The molecule has 0 saturated carbocycles. The fourth-order valence-corrected chi connectivity index (χ4v) is 3.92. The molecular weight excluding hydrogens is 424 g/mol. The monoisotopic (exact) mass is 450 g/mol. The van der Waals surface area contributed by atoms with Crippen LogP contribution in [0.25, 0.3) is 11.1 Å². The molecule has 4 aromatic rings. The van der Waals surface area contributed by atoms with Gasteiger partial charge in [-0.15, -0.1) is 0 Å². The second-order valence-electron chi connectivity index (χ2n) is 8.14. The lowest BCUT2D eigenvalue weighted by Gasteiger charge is -2.24. The SMILES string of the molecule is Cn1cncc1CN(CCCc1ccc(-c2ccccc2C(N)=O)cc1)c1ccc(C#N)cn1. The summed E-state index contributed by atoms with van der Waals surface area (Å²) in [6, 6.07) is 21.4. The van der Waals surface area contributed by atoms with E-state index in [0.29, 0.717) is 17.7 Å². The van der Waals surface area contributed by atoms with Gasteiger partial charge < -0.3 is 15.2 Å². The van der Waals surface area contributed by atoms with Crippen LogP contribution in [-0.4, -0.2) is 27.0 Å². The highest BCUT2D eigenvalue weighted by molar-refractivity contribution is 5.99. The van der Waals surface area contributed by atoms with Crippen molar-refractivity contribution in [2.45, 2.75) is 19.4 Å². The van der Waals surface area contributed by atoms with Crippen molar-refractivity contribution in [3.05, 3.63) is 102 Å². The van der Waals surface area contributed by atoms with Gasteiger partial charge in [-0.1, -0.05) is 42.5 Å². The zero-order valence-corrected chi connectivity index (χ0v) is 19.1. The van der Waals surface area contributed by atoms with E-state index in [4.69, 9.17) is 11.0 Å². The summed E-state index contributed by atoms with van der Waals surface area (Å²) in [7, 11) is 1.98. The maximum atomic E-state index is 11.7. The number of carbonyl (C=O) groups is 1. The third-order valence-corrected chi connectivity index (χ3v) is 5.82. The van der Waals surface area contributed by atoms with E-state index in [1.807, 2.05) is 54.2 Å². The van der Waals surface area contributed by atoms with Crippen LogP contribution in [0.1, 0.15) is 33.6 Å². The molecule has 0 unspecified atom stereocenters. The molecule has 4 rings (SSSR count). The van der Waals surface area contributed by atoms with Crippen molar-refractivity contribution in [2.75, 3.05) is 11.4 Å². The largest absolute Gasteiger partial charge is 0.366 e. The van der Waals surface area contributed by atoms with Crippen molar-refractivity contribution in [1.82, 2.24) is 14.5 Å². The summed E-state index contributed by atoms with van der Waals surface area (Å²) in [5.74, 6) is 0.406. The molecule has 2 aromatic carbocycles. The maximum absolute atomic E-state index is 11.7. The molecule has 0 atom stereocenters. The van der Waals surface area contributed by atoms with Crippen LogP contribution in [0.4, 0.5) is 5.82 Å². The molecule has 0 aliphatic heterocycles. The number of rotatable bonds is 9. The number of carbonyl (C=O) groups excluding carboxylic acids is 1. The van der Waals surface area contributed by atoms with E-state index in [-0.39, 0.29) is 0 Å². The summed E-state index contributed by atoms with van der Waals surface area (Å²) in [6.07, 6.45) is 7.08. The number of primary amides is 1. The molecule has 0 aliphatic rings. The number of nitrogens with zero attached hydrogens (tertiary/aromatic N) is 5. The number of hydrogen-bond donors (Lipinski definition) is 1. The van der Waals surface area contributed by atoms with Crippen LogP contribution in [0.15, 0.2) is 79.4 Å². The van der Waals surface area contributed by atoms with Crippen LogP contribution in [-0.2, 0) is 20.0 Å². The van der Waals surface area contributed by atoms with Crippen molar-refractivity contribution >= 4 is 11.7 Å². The molecule has 0 fully saturated rings. The van der Waals surface area contributed by atoms with Gasteiger partial charge in [0.1, 0.15) is 11.9 Å². The van der Waals surface area contributed by atoms with Gasteiger partial charge in [-0.3, -0.25) is 4.79 Å². The molecule has 34 heavy (non-hydrogen) atoms. The molecule has 7 heteroatoms. The lowest BCUT2D eigenvalue weighted by atomic mass is 9.97. The Bertz CT molecular complexity index is 1300. The van der Waals surface area contributed by atoms with Crippen LogP contribution in [0.5, 0.6) is 0 Å². The topological polar surface area (TPSA) is 101 Å². The normalized spacial score (nSPS) is 10.6. The molecule has 2 N–H and O–H groups in total. The fourth-order valence-electron chi connectivity index (χ4n) is 3.92. The highest BCUT2D eigenvalue weighted by atomic mass is 16.1. The van der Waals surface area contributed by atoms with Gasteiger partial charge in [0.05, 0.1) is 24.1 Å². The van der Waals surface area contributed by atoms with Crippen LogP contribution in [0, 0.1) is 11.3 Å². The minimum atomic E-state index is -0.426. The molecule has 0 spiro atoms. The summed E-state index contributed by atoms with van der Waals surface area (Å²) < 4.78 is 2.00. The van der Waals surface area contributed by atoms with Crippen molar-refractivity contribution in [3.8, 4) is 17.2 Å². The second kappa shape index (κ2) is 10.5. The number of nitrogens with two attached hydrogens (primary N) is 1. The van der Waals surface area contributed by atoms with Gasteiger partial charge in [-0.05, 0) is 47.7 Å². The van der Waals surface area contributed by atoms with Crippen LogP contribution >= 0.6 is 0 Å². The smallest absolute Gasteiger partial charge is 0.249 e. The van der Waals surface area contributed by atoms with E-state index in [1.165, 1.54) is 5.56 Å². The number of hydrogen-bond acceptors (Lipinski definition) is 5. The summed E-state index contributed by atoms with van der Waals surface area (Å²) in [6.45, 7) is 1.48. The standard InChI is InChI=1S/C27H26N6O/c1-32-19-30-17-23(32)18-33(26-13-10-21(15-28)16-31-26)14-4-5-20-8-11-22(12-9-20)24-6-2-3-7-25(24)27(29)34/h2-3,6-13,16-17,19H,4-5,14,18H2,1H3,(H2,29,34). The molecule has 0 saturated heterocycles. The zero-order valence-electron chi connectivity index (χ0n) is 19.1. The first-order valence-electron chi connectivity index (χ1n) is 11.1. The number of nitriles is 1. The Hall–Kier alpha value is -4.44. The van der Waals surface area contributed by atoms with E-state index >= 15 is 0 Å². The second-order valence-corrected chi connectivity index (χ2v) is 8.14. The summed E-state index contributed by atoms with van der Waals surface area (Å²) in [5, 5.41) is 9.07. The van der Waals surface area contributed by atoms with Crippen LogP contribution in [0.2, 0.25) is 0 Å². The molecule has 170 valence electrons. The third-order valence-electron chi connectivity index (χ3n) is 5.82. The Morgan fingerprint density at radius 2 is 1.88 bits per heavy atom. The van der Waals surface area contributed by atoms with E-state index in [9.17, 15) is 4.79 Å². The van der Waals surface area contributed by atoms with Crippen molar-refractivity contribution in [2.24, 2.45) is 12.8 Å². The highest BCUT2D eigenvalue weighted by Gasteiger charge is 2.12. The first-order chi connectivity index (χ1) is 16.5. The van der Waals surface area contributed by atoms with Gasteiger partial charge in [-0.2, -0.15) is 5.26 Å². The minimum absolute atomic E-state index is 0.426. The van der Waals surface area contributed by atoms with Gasteiger partial charge in [0.15, 0.2) is 0 Å². The number of aromatic nitrogens is 3. The Morgan fingerprint density at radius 1 is 1.09 bits per heavy atom. The molecule has 2 aromatic heterocycles. The molecule has 0 bridgehead atoms. The average Bonchev–Trinajstić information content (AvgIpc) is 3.28. The first-order valence-corrected chi connectivity index (χ1v) is 11.1. The van der Waals surface area contributed by atoms with Crippen molar-refractivity contribution in [3.63, 3.8) is 0 Å². The Morgan fingerprint density at radius 3 is 2.53 bits per heavy atom. The number of imidazole rings is 1. The molecule has 0 aliphatic carbocycles. The van der Waals surface area contributed by atoms with Gasteiger partial charge >= 0.3 is 0 Å². The van der Waals surface area contributed by atoms with Gasteiger partial charge in [0.25, 0.3) is 0 Å². The third kappa shape index (κ3) is 5.30. The number of anilines is 1. The van der Waals surface area contributed by atoms with Crippen LogP contribution in [0.3, 0.4) is 0 Å². The number of pyridine rings is 1. The van der Waals surface area contributed by atoms with E-state index in [2.05, 4.69) is 33.1 Å². The number of benzene rings is 2. The molecule has 1 amide bonds. The Labute approximate surface area is 199 Å². The van der Waals surface area contributed by atoms with Gasteiger partial charge in [0.2, 0.25) is 5.91 Å². The molecule has 7 nitrogen and oxygen atoms in total. The van der Waals surface area contributed by atoms with E-state index in [0.717, 1.165) is 42.0 Å². The molecule has 2 heterocycles. The number of aryl methyl sites for hydroxylation is 2. The predicted molar refractivity (Wildman–Crippen MR) is 132 cm³/mol. The first kappa shape index (κ1) is 22.7. The zero-order chi connectivity index (χ0) is 23.9. The van der Waals surface area contributed by atoms with Crippen molar-refractivity contribution < 1.29 is 4.79 Å². The lowest BCUT2D eigenvalue weighted by Crippen LogP contribution is -2.26. The summed E-state index contributed by atoms with van der Waals surface area (Å²) in [5.41, 5.74) is 10.7. The lowest BCUT2D eigenvalue weighted by molar-refractivity contribution is 0.100. The summed E-state index contributed by atoms with van der Waals surface area (Å²) >= 11 is 0. The predicted octanol–water partition coefficient (Wildman–Crippen LogP) is 4.09. The maximum Gasteiger partial charge on any atom is 0.249 e. The Kier molecular flexibility index (Phi) is 6.99. The minimum Gasteiger partial charge on any atom is -0.366 e. The summed E-state index contributed by atoms with van der Waals surface area (Å²) in [4.78, 5) is 22.7. The highest BCUT2D eigenvalue weighted by Crippen LogP contribution is 2.24. The van der Waals surface area contributed by atoms with Crippen LogP contribution < -0.4 is 10.6 Å².